The summed E-state index contributed by atoms with van der Waals surface area (Å²) < 4.78 is 15.6. The summed E-state index contributed by atoms with van der Waals surface area (Å²) in [6.45, 7) is 0.221. The normalized spacial score (nSPS) is 33.9. The van der Waals surface area contributed by atoms with E-state index >= 15 is 0 Å². The lowest BCUT2D eigenvalue weighted by Crippen LogP contribution is -2.37. The Morgan fingerprint density at radius 2 is 2.25 bits per heavy atom. The third-order valence-electron chi connectivity index (χ3n) is 2.48. The highest BCUT2D eigenvalue weighted by Crippen LogP contribution is 2.24. The minimum Gasteiger partial charge on any atom is -0.394 e. The number of rotatable bonds is 6. The molecule has 1 saturated heterocycles. The Kier molecular flexibility index (Phi) is 5.74. The highest BCUT2D eigenvalue weighted by molar-refractivity contribution is 4.88. The molecule has 0 aliphatic carbocycles. The molecular formula is C11H18O5. The van der Waals surface area contributed by atoms with Gasteiger partial charge in [-0.1, -0.05) is 0 Å². The number of hydrogen-bond acceptors (Lipinski definition) is 5. The van der Waals surface area contributed by atoms with E-state index in [0.717, 1.165) is 6.42 Å². The molecule has 0 radical (unpaired) electrons. The van der Waals surface area contributed by atoms with Crippen LogP contribution in [0.5, 0.6) is 0 Å². The first-order valence-corrected chi connectivity index (χ1v) is 5.26. The molecule has 1 rings (SSSR count). The molecule has 1 fully saturated rings. The predicted octanol–water partition coefficient (Wildman–Crippen LogP) is -0.491. The molecule has 0 saturated carbocycles. The number of unbranched alkanes of at least 4 members (excludes halogenated alkanes) is 1. The Morgan fingerprint density at radius 3 is 2.81 bits per heavy atom. The molecule has 92 valence electrons. The Hall–Kier alpha value is -0.640. The van der Waals surface area contributed by atoms with E-state index in [1.54, 1.807) is 0 Å². The molecule has 4 atom stereocenters. The van der Waals surface area contributed by atoms with Gasteiger partial charge in [-0.05, 0) is 6.42 Å². The van der Waals surface area contributed by atoms with Gasteiger partial charge in [-0.2, -0.15) is 0 Å². The lowest BCUT2D eigenvalue weighted by Gasteiger charge is -2.18. The van der Waals surface area contributed by atoms with E-state index in [1.807, 2.05) is 0 Å². The Morgan fingerprint density at radius 1 is 1.50 bits per heavy atom. The fourth-order valence-corrected chi connectivity index (χ4v) is 1.65. The average molecular weight is 230 g/mol. The van der Waals surface area contributed by atoms with Crippen LogP contribution in [0, 0.1) is 12.3 Å². The number of hydrogen-bond donors (Lipinski definition) is 2. The standard InChI is InChI=1S/C11H18O5/c1-3-4-5-6-15-10-8(7-12)16-11(14-2)9(10)13/h1,8-13H,4-7H2,2H3/t8-,9-,10-,11-/m1/s1. The molecule has 0 aromatic carbocycles. The average Bonchev–Trinajstić information content (AvgIpc) is 2.61. The molecule has 0 aromatic heterocycles. The zero-order valence-electron chi connectivity index (χ0n) is 9.33. The van der Waals surface area contributed by atoms with Crippen LogP contribution in [0.3, 0.4) is 0 Å². The van der Waals surface area contributed by atoms with Crippen molar-refractivity contribution in [2.24, 2.45) is 0 Å². The Bertz CT molecular complexity index is 235. The summed E-state index contributed by atoms with van der Waals surface area (Å²) in [4.78, 5) is 0. The van der Waals surface area contributed by atoms with Crippen LogP contribution < -0.4 is 0 Å². The van der Waals surface area contributed by atoms with E-state index in [2.05, 4.69) is 5.92 Å². The molecule has 5 nitrogen and oxygen atoms in total. The second-order valence-corrected chi connectivity index (χ2v) is 3.59. The van der Waals surface area contributed by atoms with Crippen molar-refractivity contribution in [1.29, 1.82) is 0 Å². The number of aliphatic hydroxyl groups excluding tert-OH is 2. The van der Waals surface area contributed by atoms with E-state index < -0.39 is 24.6 Å². The lowest BCUT2D eigenvalue weighted by molar-refractivity contribution is -0.153. The third-order valence-corrected chi connectivity index (χ3v) is 2.48. The number of terminal acetylenes is 1. The molecule has 1 heterocycles. The summed E-state index contributed by atoms with van der Waals surface area (Å²) in [5, 5.41) is 18.8. The van der Waals surface area contributed by atoms with Gasteiger partial charge in [0.2, 0.25) is 0 Å². The van der Waals surface area contributed by atoms with E-state index in [4.69, 9.17) is 25.7 Å². The summed E-state index contributed by atoms with van der Waals surface area (Å²) in [6.07, 6.45) is 3.72. The molecule has 16 heavy (non-hydrogen) atoms. The molecule has 5 heteroatoms. The fraction of sp³-hybridized carbons (Fsp3) is 0.818. The van der Waals surface area contributed by atoms with Crippen molar-refractivity contribution in [3.63, 3.8) is 0 Å². The molecule has 1 aliphatic heterocycles. The molecular weight excluding hydrogens is 212 g/mol. The number of methoxy groups -OCH3 is 1. The molecule has 0 amide bonds. The van der Waals surface area contributed by atoms with Crippen LogP contribution in [0.1, 0.15) is 12.8 Å². The highest BCUT2D eigenvalue weighted by atomic mass is 16.7. The van der Waals surface area contributed by atoms with Gasteiger partial charge >= 0.3 is 0 Å². The number of ether oxygens (including phenoxy) is 3. The van der Waals surface area contributed by atoms with E-state index in [-0.39, 0.29) is 6.61 Å². The zero-order valence-corrected chi connectivity index (χ0v) is 9.33. The fourth-order valence-electron chi connectivity index (χ4n) is 1.65. The SMILES string of the molecule is C#CCCCO[C@H]1[C@@H](O)[C@H](OC)O[C@@H]1CO. The monoisotopic (exact) mass is 230 g/mol. The van der Waals surface area contributed by atoms with Crippen molar-refractivity contribution in [2.45, 2.75) is 37.4 Å². The summed E-state index contributed by atoms with van der Waals surface area (Å²) in [5.74, 6) is 2.50. The van der Waals surface area contributed by atoms with Crippen molar-refractivity contribution >= 4 is 0 Å². The van der Waals surface area contributed by atoms with Crippen molar-refractivity contribution in [3.05, 3.63) is 0 Å². The minimum atomic E-state index is -0.881. The highest BCUT2D eigenvalue weighted by Gasteiger charge is 2.44. The lowest BCUT2D eigenvalue weighted by atomic mass is 10.1. The number of aliphatic hydroxyl groups is 2. The summed E-state index contributed by atoms with van der Waals surface area (Å²) >= 11 is 0. The van der Waals surface area contributed by atoms with Crippen molar-refractivity contribution in [1.82, 2.24) is 0 Å². The van der Waals surface area contributed by atoms with Crippen LogP contribution in [0.4, 0.5) is 0 Å². The zero-order chi connectivity index (χ0) is 12.0. The first-order chi connectivity index (χ1) is 7.74. The van der Waals surface area contributed by atoms with Gasteiger partial charge in [0.15, 0.2) is 6.29 Å². The maximum absolute atomic E-state index is 9.78. The molecule has 0 spiro atoms. The summed E-state index contributed by atoms with van der Waals surface area (Å²) in [5.41, 5.74) is 0. The van der Waals surface area contributed by atoms with Gasteiger partial charge in [0.25, 0.3) is 0 Å². The molecule has 0 bridgehead atoms. The van der Waals surface area contributed by atoms with Gasteiger partial charge in [0, 0.05) is 20.1 Å². The van der Waals surface area contributed by atoms with Gasteiger partial charge in [-0.15, -0.1) is 12.3 Å². The van der Waals surface area contributed by atoms with Crippen LogP contribution in [-0.2, 0) is 14.2 Å². The van der Waals surface area contributed by atoms with Gasteiger partial charge in [0.05, 0.1) is 6.61 Å². The maximum Gasteiger partial charge on any atom is 0.186 e. The Labute approximate surface area is 95.3 Å². The van der Waals surface area contributed by atoms with Gasteiger partial charge in [0.1, 0.15) is 18.3 Å². The van der Waals surface area contributed by atoms with Crippen LogP contribution in [-0.4, -0.2) is 55.1 Å². The van der Waals surface area contributed by atoms with E-state index in [0.29, 0.717) is 13.0 Å². The summed E-state index contributed by atoms with van der Waals surface area (Å²) in [7, 11) is 1.43. The Balaban J connectivity index is 2.40. The van der Waals surface area contributed by atoms with Gasteiger partial charge < -0.3 is 24.4 Å². The van der Waals surface area contributed by atoms with Crippen LogP contribution in [0.25, 0.3) is 0 Å². The quantitative estimate of drug-likeness (QED) is 0.476. The molecule has 2 N–H and O–H groups in total. The molecule has 1 aliphatic rings. The first kappa shape index (κ1) is 13.4. The van der Waals surface area contributed by atoms with Crippen LogP contribution in [0.2, 0.25) is 0 Å². The van der Waals surface area contributed by atoms with Crippen molar-refractivity contribution in [2.75, 3.05) is 20.3 Å². The third kappa shape index (κ3) is 3.17. The summed E-state index contributed by atoms with van der Waals surface area (Å²) in [6, 6.07) is 0. The second kappa shape index (κ2) is 6.84. The van der Waals surface area contributed by atoms with Gasteiger partial charge in [-0.3, -0.25) is 0 Å². The second-order valence-electron chi connectivity index (χ2n) is 3.59. The van der Waals surface area contributed by atoms with Crippen LogP contribution in [0.15, 0.2) is 0 Å². The topological polar surface area (TPSA) is 68.2 Å². The molecule has 0 aromatic rings. The molecule has 0 unspecified atom stereocenters. The van der Waals surface area contributed by atoms with E-state index in [9.17, 15) is 5.11 Å². The van der Waals surface area contributed by atoms with Crippen molar-refractivity contribution < 1.29 is 24.4 Å². The van der Waals surface area contributed by atoms with Crippen molar-refractivity contribution in [3.8, 4) is 12.3 Å². The largest absolute Gasteiger partial charge is 0.394 e. The first-order valence-electron chi connectivity index (χ1n) is 5.26. The minimum absolute atomic E-state index is 0.212. The van der Waals surface area contributed by atoms with Crippen LogP contribution >= 0.6 is 0 Å². The van der Waals surface area contributed by atoms with Gasteiger partial charge in [-0.25, -0.2) is 0 Å². The van der Waals surface area contributed by atoms with E-state index in [1.165, 1.54) is 7.11 Å². The smallest absolute Gasteiger partial charge is 0.186 e. The predicted molar refractivity (Wildman–Crippen MR) is 56.6 cm³/mol. The maximum atomic E-state index is 9.78.